The first-order chi connectivity index (χ1) is 7.07. The summed E-state index contributed by atoms with van der Waals surface area (Å²) in [5.41, 5.74) is 0.0751. The van der Waals surface area contributed by atoms with E-state index >= 15 is 0 Å². The van der Waals surface area contributed by atoms with Gasteiger partial charge in [0.2, 0.25) is 0 Å². The Morgan fingerprint density at radius 1 is 1.60 bits per heavy atom. The molecule has 15 heavy (non-hydrogen) atoms. The van der Waals surface area contributed by atoms with Crippen molar-refractivity contribution in [3.05, 3.63) is 12.2 Å². The summed E-state index contributed by atoms with van der Waals surface area (Å²) in [6.45, 7) is 3.75. The number of nitriles is 1. The van der Waals surface area contributed by atoms with Crippen molar-refractivity contribution < 1.29 is 19.7 Å². The van der Waals surface area contributed by atoms with Crippen molar-refractivity contribution in [1.82, 2.24) is 0 Å². The van der Waals surface area contributed by atoms with Gasteiger partial charge in [-0.3, -0.25) is 0 Å². The Labute approximate surface area is 88.6 Å². The van der Waals surface area contributed by atoms with Crippen LogP contribution in [-0.2, 0) is 9.53 Å². The van der Waals surface area contributed by atoms with Crippen molar-refractivity contribution in [2.24, 2.45) is 0 Å². The van der Waals surface area contributed by atoms with Gasteiger partial charge in [-0.05, 0) is 12.8 Å². The Morgan fingerprint density at radius 2 is 2.27 bits per heavy atom. The van der Waals surface area contributed by atoms with Crippen LogP contribution in [0.25, 0.3) is 0 Å². The summed E-state index contributed by atoms with van der Waals surface area (Å²) in [4.78, 5) is 10.4. The lowest BCUT2D eigenvalue weighted by Crippen LogP contribution is -2.16. The summed E-state index contributed by atoms with van der Waals surface area (Å²) >= 11 is 0. The minimum Gasteiger partial charge on any atom is -0.478 e. The molecule has 0 aromatic heterocycles. The Kier molecular flexibility index (Phi) is 7.24. The zero-order chi connectivity index (χ0) is 11.7. The molecule has 0 bridgehead atoms. The third-order valence-corrected chi connectivity index (χ3v) is 1.75. The van der Waals surface area contributed by atoms with Crippen LogP contribution in [0.5, 0.6) is 0 Å². The molecule has 0 heterocycles. The van der Waals surface area contributed by atoms with E-state index in [-0.39, 0.29) is 31.6 Å². The number of hydrogen-bond acceptors (Lipinski definition) is 4. The van der Waals surface area contributed by atoms with E-state index in [1.807, 2.05) is 6.07 Å². The van der Waals surface area contributed by atoms with Crippen molar-refractivity contribution in [3.63, 3.8) is 0 Å². The van der Waals surface area contributed by atoms with Gasteiger partial charge in [-0.2, -0.15) is 5.26 Å². The molecule has 1 unspecified atom stereocenters. The van der Waals surface area contributed by atoms with E-state index in [1.54, 1.807) is 0 Å². The van der Waals surface area contributed by atoms with E-state index < -0.39 is 12.1 Å². The molecule has 0 aliphatic rings. The van der Waals surface area contributed by atoms with Gasteiger partial charge < -0.3 is 14.9 Å². The number of ether oxygens (including phenoxy) is 1. The number of rotatable bonds is 8. The van der Waals surface area contributed by atoms with Crippen molar-refractivity contribution >= 4 is 5.97 Å². The van der Waals surface area contributed by atoms with Crippen LogP contribution in [0.1, 0.15) is 19.3 Å². The Balaban J connectivity index is 3.49. The molecular weight excluding hydrogens is 198 g/mol. The molecule has 5 nitrogen and oxygen atoms in total. The fourth-order valence-electron chi connectivity index (χ4n) is 0.868. The highest BCUT2D eigenvalue weighted by Gasteiger charge is 2.08. The average Bonchev–Trinajstić information content (AvgIpc) is 2.20. The molecule has 0 aliphatic carbocycles. The van der Waals surface area contributed by atoms with Crippen molar-refractivity contribution in [2.75, 3.05) is 13.2 Å². The van der Waals surface area contributed by atoms with Crippen molar-refractivity contribution in [2.45, 2.75) is 25.4 Å². The number of nitrogens with zero attached hydrogens (tertiary/aromatic N) is 1. The van der Waals surface area contributed by atoms with Crippen molar-refractivity contribution in [3.8, 4) is 6.07 Å². The molecule has 0 aliphatic heterocycles. The highest BCUT2D eigenvalue weighted by atomic mass is 16.5. The van der Waals surface area contributed by atoms with Gasteiger partial charge >= 0.3 is 5.97 Å². The normalized spacial score (nSPS) is 11.7. The standard InChI is InChI=1S/C10H15NO4/c1-8(10(13)14)3-4-9(12)7-15-6-2-5-11/h9,12H,1-4,6-7H2,(H,13,14). The first-order valence-electron chi connectivity index (χ1n) is 4.61. The van der Waals surface area contributed by atoms with E-state index in [4.69, 9.17) is 15.1 Å². The maximum atomic E-state index is 10.4. The van der Waals surface area contributed by atoms with E-state index in [2.05, 4.69) is 6.58 Å². The smallest absolute Gasteiger partial charge is 0.330 e. The molecule has 0 rings (SSSR count). The van der Waals surface area contributed by atoms with Gasteiger partial charge in [-0.1, -0.05) is 6.58 Å². The van der Waals surface area contributed by atoms with Crippen LogP contribution in [0.15, 0.2) is 12.2 Å². The second-order valence-corrected chi connectivity index (χ2v) is 3.08. The highest BCUT2D eigenvalue weighted by molar-refractivity contribution is 5.85. The highest BCUT2D eigenvalue weighted by Crippen LogP contribution is 2.06. The van der Waals surface area contributed by atoms with Crippen LogP contribution in [-0.4, -0.2) is 35.5 Å². The average molecular weight is 213 g/mol. The SMILES string of the molecule is C=C(CCC(O)COCCC#N)C(=O)O. The zero-order valence-corrected chi connectivity index (χ0v) is 8.48. The van der Waals surface area contributed by atoms with Crippen LogP contribution in [0.3, 0.4) is 0 Å². The quantitative estimate of drug-likeness (QED) is 0.457. The van der Waals surface area contributed by atoms with Crippen LogP contribution in [0.2, 0.25) is 0 Å². The molecule has 0 saturated carbocycles. The Hall–Kier alpha value is -1.38. The van der Waals surface area contributed by atoms with Gasteiger partial charge in [0, 0.05) is 5.57 Å². The van der Waals surface area contributed by atoms with Crippen LogP contribution in [0, 0.1) is 11.3 Å². The Morgan fingerprint density at radius 3 is 2.80 bits per heavy atom. The maximum Gasteiger partial charge on any atom is 0.330 e. The summed E-state index contributed by atoms with van der Waals surface area (Å²) in [5, 5.41) is 26.0. The lowest BCUT2D eigenvalue weighted by molar-refractivity contribution is -0.132. The number of aliphatic carboxylic acids is 1. The summed E-state index contributed by atoms with van der Waals surface area (Å²) in [6.07, 6.45) is 0.115. The number of aliphatic hydroxyl groups is 1. The second kappa shape index (κ2) is 7.97. The van der Waals surface area contributed by atoms with Crippen LogP contribution in [0.4, 0.5) is 0 Å². The van der Waals surface area contributed by atoms with E-state index in [1.165, 1.54) is 0 Å². The predicted molar refractivity (Wildman–Crippen MR) is 53.1 cm³/mol. The fraction of sp³-hybridized carbons (Fsp3) is 0.600. The largest absolute Gasteiger partial charge is 0.478 e. The number of aliphatic hydroxyl groups excluding tert-OH is 1. The predicted octanol–water partition coefficient (Wildman–Crippen LogP) is 0.699. The molecule has 0 amide bonds. The van der Waals surface area contributed by atoms with Gasteiger partial charge in [0.15, 0.2) is 0 Å². The lowest BCUT2D eigenvalue weighted by atomic mass is 10.1. The molecular formula is C10H15NO4. The van der Waals surface area contributed by atoms with Gasteiger partial charge in [-0.25, -0.2) is 4.79 Å². The van der Waals surface area contributed by atoms with Gasteiger partial charge in [-0.15, -0.1) is 0 Å². The van der Waals surface area contributed by atoms with Crippen LogP contribution >= 0.6 is 0 Å². The third kappa shape index (κ3) is 7.67. The molecule has 84 valence electrons. The molecule has 0 radical (unpaired) electrons. The molecule has 0 fully saturated rings. The molecule has 2 N–H and O–H groups in total. The first kappa shape index (κ1) is 13.6. The van der Waals surface area contributed by atoms with E-state index in [9.17, 15) is 9.90 Å². The topological polar surface area (TPSA) is 90.5 Å². The number of carbonyl (C=O) groups is 1. The third-order valence-electron chi connectivity index (χ3n) is 1.75. The zero-order valence-electron chi connectivity index (χ0n) is 8.48. The maximum absolute atomic E-state index is 10.4. The summed E-state index contributed by atoms with van der Waals surface area (Å²) < 4.78 is 4.98. The fourth-order valence-corrected chi connectivity index (χ4v) is 0.868. The molecule has 5 heteroatoms. The minimum absolute atomic E-state index is 0.0751. The molecule has 0 aromatic carbocycles. The molecule has 0 aromatic rings. The minimum atomic E-state index is -1.05. The Bertz CT molecular complexity index is 257. The van der Waals surface area contributed by atoms with Gasteiger partial charge in [0.25, 0.3) is 0 Å². The number of carboxylic acids is 1. The molecule has 1 atom stereocenters. The molecule has 0 saturated heterocycles. The summed E-state index contributed by atoms with van der Waals surface area (Å²) in [7, 11) is 0. The van der Waals surface area contributed by atoms with E-state index in [0.717, 1.165) is 0 Å². The van der Waals surface area contributed by atoms with Gasteiger partial charge in [0.05, 0.1) is 31.8 Å². The lowest BCUT2D eigenvalue weighted by Gasteiger charge is -2.10. The van der Waals surface area contributed by atoms with Crippen molar-refractivity contribution in [1.29, 1.82) is 5.26 Å². The number of hydrogen-bond donors (Lipinski definition) is 2. The van der Waals surface area contributed by atoms with Crippen LogP contribution < -0.4 is 0 Å². The monoisotopic (exact) mass is 213 g/mol. The number of carboxylic acid groups (broad SMARTS) is 1. The molecule has 0 spiro atoms. The first-order valence-corrected chi connectivity index (χ1v) is 4.61. The summed E-state index contributed by atoms with van der Waals surface area (Å²) in [5.74, 6) is -1.05. The second-order valence-electron chi connectivity index (χ2n) is 3.08. The van der Waals surface area contributed by atoms with E-state index in [0.29, 0.717) is 6.42 Å². The van der Waals surface area contributed by atoms with Gasteiger partial charge in [0.1, 0.15) is 0 Å². The summed E-state index contributed by atoms with van der Waals surface area (Å²) in [6, 6.07) is 1.91.